The monoisotopic (exact) mass is 524 g/mol. The van der Waals surface area contributed by atoms with E-state index in [-0.39, 0.29) is 18.8 Å². The molecule has 0 radical (unpaired) electrons. The number of hydrogen-bond acceptors (Lipinski definition) is 3. The van der Waals surface area contributed by atoms with Crippen LogP contribution in [0.15, 0.2) is 78.4 Å². The number of nitrogens with zero attached hydrogens (tertiary/aromatic N) is 1. The zero-order valence-corrected chi connectivity index (χ0v) is 19.5. The normalized spacial score (nSPS) is 15.0. The Bertz CT molecular complexity index is 1310. The van der Waals surface area contributed by atoms with Gasteiger partial charge in [-0.25, -0.2) is 8.78 Å². The summed E-state index contributed by atoms with van der Waals surface area (Å²) in [6, 6.07) is 16.0. The van der Waals surface area contributed by atoms with E-state index in [4.69, 9.17) is 0 Å². The van der Waals surface area contributed by atoms with Crippen LogP contribution >= 0.6 is 0 Å². The molecular formula is C25H21F5N2O3S. The summed E-state index contributed by atoms with van der Waals surface area (Å²) in [5.41, 5.74) is 2.59. The van der Waals surface area contributed by atoms with E-state index in [1.165, 1.54) is 40.7 Å². The second-order valence-corrected chi connectivity index (χ2v) is 9.78. The van der Waals surface area contributed by atoms with Crippen molar-refractivity contribution in [2.45, 2.75) is 19.2 Å². The summed E-state index contributed by atoms with van der Waals surface area (Å²) in [5.74, 6) is -1.43. The number of anilines is 1. The Balaban J connectivity index is 1.65. The Morgan fingerprint density at radius 3 is 2.03 bits per heavy atom. The fourth-order valence-electron chi connectivity index (χ4n) is 4.03. The van der Waals surface area contributed by atoms with Gasteiger partial charge in [0.25, 0.3) is 0 Å². The lowest BCUT2D eigenvalue weighted by Crippen LogP contribution is -2.40. The first kappa shape index (κ1) is 25.6. The number of benzene rings is 3. The van der Waals surface area contributed by atoms with Crippen LogP contribution in [-0.4, -0.2) is 32.2 Å². The van der Waals surface area contributed by atoms with Crippen LogP contribution in [0.2, 0.25) is 0 Å². The van der Waals surface area contributed by atoms with Gasteiger partial charge in [-0.3, -0.25) is 4.72 Å². The Morgan fingerprint density at radius 2 is 1.47 bits per heavy atom. The molecule has 1 aliphatic rings. The zero-order chi connectivity index (χ0) is 25.9. The van der Waals surface area contributed by atoms with Crippen molar-refractivity contribution >= 4 is 21.5 Å². The predicted octanol–water partition coefficient (Wildman–Crippen LogP) is 6.12. The van der Waals surface area contributed by atoms with Crippen LogP contribution in [0.25, 0.3) is 5.57 Å². The molecule has 11 heteroatoms. The van der Waals surface area contributed by atoms with E-state index in [2.05, 4.69) is 9.46 Å². The van der Waals surface area contributed by atoms with Crippen LogP contribution in [0, 0.1) is 11.6 Å². The van der Waals surface area contributed by atoms with E-state index < -0.39 is 34.0 Å². The topological polar surface area (TPSA) is 58.6 Å². The van der Waals surface area contributed by atoms with Crippen LogP contribution < -0.4 is 9.46 Å². The summed E-state index contributed by atoms with van der Waals surface area (Å²) in [6.45, 7) is 0.163. The Labute approximate surface area is 205 Å². The predicted molar refractivity (Wildman–Crippen MR) is 125 cm³/mol. The average molecular weight is 525 g/mol. The maximum absolute atomic E-state index is 13.6. The number of halogens is 5. The first-order valence-corrected chi connectivity index (χ1v) is 12.3. The molecule has 1 aliphatic heterocycles. The molecule has 0 spiro atoms. The minimum absolute atomic E-state index is 0.0157. The lowest BCUT2D eigenvalue weighted by molar-refractivity contribution is -0.274. The third-order valence-electron chi connectivity index (χ3n) is 5.53. The van der Waals surface area contributed by atoms with Gasteiger partial charge in [-0.05, 0) is 71.5 Å². The number of alkyl halides is 3. The van der Waals surface area contributed by atoms with Gasteiger partial charge in [0.15, 0.2) is 0 Å². The SMILES string of the molecule is O=S(=O)(Nc1cccc(OC(F)(F)F)c1)N1CCCC(=C(c2ccc(F)cc2)c2ccc(F)cc2)C1. The highest BCUT2D eigenvalue weighted by atomic mass is 32.2. The van der Waals surface area contributed by atoms with Gasteiger partial charge in [0.1, 0.15) is 17.4 Å². The molecule has 190 valence electrons. The molecule has 5 nitrogen and oxygen atoms in total. The quantitative estimate of drug-likeness (QED) is 0.396. The smallest absolute Gasteiger partial charge is 0.406 e. The summed E-state index contributed by atoms with van der Waals surface area (Å²) in [4.78, 5) is 0. The van der Waals surface area contributed by atoms with E-state index in [9.17, 15) is 30.4 Å². The minimum atomic E-state index is -4.92. The van der Waals surface area contributed by atoms with Gasteiger partial charge in [0.05, 0.1) is 5.69 Å². The summed E-state index contributed by atoms with van der Waals surface area (Å²) in [5, 5.41) is 0. The molecule has 0 aromatic heterocycles. The van der Waals surface area contributed by atoms with E-state index >= 15 is 0 Å². The highest BCUT2D eigenvalue weighted by molar-refractivity contribution is 7.90. The number of hydrogen-bond donors (Lipinski definition) is 1. The van der Waals surface area contributed by atoms with Crippen molar-refractivity contribution in [1.29, 1.82) is 0 Å². The first-order chi connectivity index (χ1) is 17.0. The molecular weight excluding hydrogens is 503 g/mol. The fraction of sp³-hybridized carbons (Fsp3) is 0.200. The minimum Gasteiger partial charge on any atom is -0.406 e. The maximum atomic E-state index is 13.6. The molecule has 3 aromatic carbocycles. The second-order valence-electron chi connectivity index (χ2n) is 8.11. The van der Waals surface area contributed by atoms with Crippen molar-refractivity contribution in [3.05, 3.63) is 101 Å². The molecule has 4 rings (SSSR count). The van der Waals surface area contributed by atoms with Crippen molar-refractivity contribution in [2.24, 2.45) is 0 Å². The Hall–Kier alpha value is -3.44. The van der Waals surface area contributed by atoms with Crippen LogP contribution in [0.3, 0.4) is 0 Å². The number of nitrogens with one attached hydrogen (secondary N) is 1. The molecule has 36 heavy (non-hydrogen) atoms. The molecule has 0 unspecified atom stereocenters. The van der Waals surface area contributed by atoms with Crippen molar-refractivity contribution in [3.63, 3.8) is 0 Å². The number of ether oxygens (including phenoxy) is 1. The van der Waals surface area contributed by atoms with Gasteiger partial charge >= 0.3 is 16.6 Å². The van der Waals surface area contributed by atoms with E-state index in [1.807, 2.05) is 0 Å². The van der Waals surface area contributed by atoms with E-state index in [0.717, 1.165) is 17.7 Å². The summed E-state index contributed by atoms with van der Waals surface area (Å²) >= 11 is 0. The molecule has 1 fully saturated rings. The van der Waals surface area contributed by atoms with Crippen molar-refractivity contribution in [1.82, 2.24) is 4.31 Å². The Morgan fingerprint density at radius 1 is 0.889 bits per heavy atom. The summed E-state index contributed by atoms with van der Waals surface area (Å²) < 4.78 is 98.3. The first-order valence-electron chi connectivity index (χ1n) is 10.9. The molecule has 0 aliphatic carbocycles. The van der Waals surface area contributed by atoms with Gasteiger partial charge in [-0.1, -0.05) is 30.3 Å². The fourth-order valence-corrected chi connectivity index (χ4v) is 5.28. The van der Waals surface area contributed by atoms with Crippen LogP contribution in [0.4, 0.5) is 27.6 Å². The van der Waals surface area contributed by atoms with Crippen LogP contribution in [0.5, 0.6) is 5.75 Å². The second kappa shape index (κ2) is 10.3. The zero-order valence-electron chi connectivity index (χ0n) is 18.7. The highest BCUT2D eigenvalue weighted by Gasteiger charge is 2.32. The largest absolute Gasteiger partial charge is 0.573 e. The number of piperidine rings is 1. The lowest BCUT2D eigenvalue weighted by Gasteiger charge is -2.30. The summed E-state index contributed by atoms with van der Waals surface area (Å²) in [6.07, 6.45) is -3.90. The third-order valence-corrected chi connectivity index (χ3v) is 7.01. The molecule has 1 N–H and O–H groups in total. The van der Waals surface area contributed by atoms with Crippen molar-refractivity contribution < 1.29 is 35.1 Å². The molecule has 1 saturated heterocycles. The average Bonchev–Trinajstić information content (AvgIpc) is 2.81. The van der Waals surface area contributed by atoms with Gasteiger partial charge in [0, 0.05) is 19.2 Å². The lowest BCUT2D eigenvalue weighted by atomic mass is 9.89. The van der Waals surface area contributed by atoms with Gasteiger partial charge < -0.3 is 4.74 Å². The highest BCUT2D eigenvalue weighted by Crippen LogP contribution is 2.33. The number of rotatable bonds is 6. The molecule has 0 atom stereocenters. The molecule has 1 heterocycles. The Kier molecular flexibility index (Phi) is 7.32. The standard InChI is InChI=1S/C25H21F5N2O3S/c26-20-10-6-17(7-11-20)24(18-8-12-21(27)13-9-18)19-3-2-14-32(16-19)36(33,34)31-22-4-1-5-23(15-22)35-25(28,29)30/h1,4-13,15,31H,2-3,14,16H2. The molecule has 3 aromatic rings. The maximum Gasteiger partial charge on any atom is 0.573 e. The molecule has 0 amide bonds. The van der Waals surface area contributed by atoms with E-state index in [1.54, 1.807) is 24.3 Å². The third kappa shape index (κ3) is 6.41. The van der Waals surface area contributed by atoms with Gasteiger partial charge in [-0.15, -0.1) is 13.2 Å². The van der Waals surface area contributed by atoms with Crippen molar-refractivity contribution in [3.8, 4) is 5.75 Å². The van der Waals surface area contributed by atoms with Crippen LogP contribution in [0.1, 0.15) is 24.0 Å². The van der Waals surface area contributed by atoms with Gasteiger partial charge in [-0.2, -0.15) is 12.7 Å². The van der Waals surface area contributed by atoms with Crippen molar-refractivity contribution in [2.75, 3.05) is 17.8 Å². The van der Waals surface area contributed by atoms with Crippen LogP contribution in [-0.2, 0) is 10.2 Å². The van der Waals surface area contributed by atoms with E-state index in [0.29, 0.717) is 29.5 Å². The molecule has 0 saturated carbocycles. The van der Waals surface area contributed by atoms with Gasteiger partial charge in [0.2, 0.25) is 0 Å². The summed E-state index contributed by atoms with van der Waals surface area (Å²) in [7, 11) is -4.15. The molecule has 0 bridgehead atoms.